The molecule has 0 bridgehead atoms. The van der Waals surface area contributed by atoms with Crippen molar-refractivity contribution in [3.63, 3.8) is 0 Å². The van der Waals surface area contributed by atoms with E-state index in [2.05, 4.69) is 24.8 Å². The zero-order chi connectivity index (χ0) is 14.3. The van der Waals surface area contributed by atoms with Gasteiger partial charge in [-0.25, -0.2) is 0 Å². The maximum absolute atomic E-state index is 5.81. The molecule has 1 aromatic heterocycles. The van der Waals surface area contributed by atoms with Gasteiger partial charge in [-0.1, -0.05) is 13.8 Å². The summed E-state index contributed by atoms with van der Waals surface area (Å²) in [7, 11) is 1.74. The standard InChI is InChI=1S/C15H28N2O2/c1-5-13(6-2)17(7-8-18-4)11-14-9-12(3)15(10-16)19-14/h9,13H,5-8,10-11,16H2,1-4H3. The average molecular weight is 268 g/mol. The molecule has 0 spiro atoms. The van der Waals surface area contributed by atoms with E-state index in [0.29, 0.717) is 12.6 Å². The largest absolute Gasteiger partial charge is 0.463 e. The average Bonchev–Trinajstić information content (AvgIpc) is 2.77. The first-order valence-corrected chi connectivity index (χ1v) is 7.17. The van der Waals surface area contributed by atoms with Crippen molar-refractivity contribution in [2.24, 2.45) is 5.73 Å². The van der Waals surface area contributed by atoms with Crippen LogP contribution in [0.1, 0.15) is 43.8 Å². The summed E-state index contributed by atoms with van der Waals surface area (Å²) in [6.07, 6.45) is 2.29. The monoisotopic (exact) mass is 268 g/mol. The van der Waals surface area contributed by atoms with Gasteiger partial charge in [-0.15, -0.1) is 0 Å². The van der Waals surface area contributed by atoms with E-state index < -0.39 is 0 Å². The van der Waals surface area contributed by atoms with Crippen LogP contribution in [-0.4, -0.2) is 31.2 Å². The molecule has 1 rings (SSSR count). The topological polar surface area (TPSA) is 51.6 Å². The lowest BCUT2D eigenvalue weighted by molar-refractivity contribution is 0.104. The van der Waals surface area contributed by atoms with Gasteiger partial charge in [-0.05, 0) is 31.4 Å². The number of rotatable bonds is 9. The van der Waals surface area contributed by atoms with Crippen molar-refractivity contribution in [1.82, 2.24) is 4.90 Å². The van der Waals surface area contributed by atoms with Gasteiger partial charge in [0, 0.05) is 19.7 Å². The quantitative estimate of drug-likeness (QED) is 0.748. The third-order valence-corrected chi connectivity index (χ3v) is 3.66. The van der Waals surface area contributed by atoms with E-state index in [4.69, 9.17) is 14.9 Å². The van der Waals surface area contributed by atoms with Gasteiger partial charge in [-0.3, -0.25) is 4.90 Å². The van der Waals surface area contributed by atoms with Crippen molar-refractivity contribution in [2.45, 2.75) is 52.7 Å². The van der Waals surface area contributed by atoms with E-state index in [-0.39, 0.29) is 0 Å². The molecule has 0 aliphatic carbocycles. The fourth-order valence-electron chi connectivity index (χ4n) is 2.48. The number of ether oxygens (including phenoxy) is 1. The van der Waals surface area contributed by atoms with Crippen molar-refractivity contribution in [3.8, 4) is 0 Å². The maximum Gasteiger partial charge on any atom is 0.120 e. The molecule has 1 heterocycles. The Bertz CT molecular complexity index is 359. The fraction of sp³-hybridized carbons (Fsp3) is 0.733. The Labute approximate surface area is 116 Å². The highest BCUT2D eigenvalue weighted by Gasteiger charge is 2.17. The molecule has 0 aromatic carbocycles. The van der Waals surface area contributed by atoms with Crippen molar-refractivity contribution < 1.29 is 9.15 Å². The molecular weight excluding hydrogens is 240 g/mol. The van der Waals surface area contributed by atoms with Crippen LogP contribution in [0.5, 0.6) is 0 Å². The maximum atomic E-state index is 5.81. The second-order valence-electron chi connectivity index (χ2n) is 4.96. The van der Waals surface area contributed by atoms with Gasteiger partial charge in [0.1, 0.15) is 11.5 Å². The van der Waals surface area contributed by atoms with E-state index >= 15 is 0 Å². The van der Waals surface area contributed by atoms with Gasteiger partial charge in [0.2, 0.25) is 0 Å². The SMILES string of the molecule is CCC(CC)N(CCOC)Cc1cc(C)c(CN)o1. The predicted molar refractivity (Wildman–Crippen MR) is 78.0 cm³/mol. The van der Waals surface area contributed by atoms with Crippen molar-refractivity contribution >= 4 is 0 Å². The molecule has 0 fully saturated rings. The molecule has 0 aliphatic heterocycles. The zero-order valence-electron chi connectivity index (χ0n) is 12.7. The second kappa shape index (κ2) is 8.35. The summed E-state index contributed by atoms with van der Waals surface area (Å²) in [5.41, 5.74) is 6.81. The summed E-state index contributed by atoms with van der Waals surface area (Å²) in [5.74, 6) is 1.90. The molecule has 1 aromatic rings. The lowest BCUT2D eigenvalue weighted by atomic mass is 10.1. The van der Waals surface area contributed by atoms with E-state index in [1.165, 1.54) is 0 Å². The second-order valence-corrected chi connectivity index (χ2v) is 4.96. The smallest absolute Gasteiger partial charge is 0.120 e. The predicted octanol–water partition coefficient (Wildman–Crippen LogP) is 2.68. The van der Waals surface area contributed by atoms with Crippen molar-refractivity contribution in [1.29, 1.82) is 0 Å². The Morgan fingerprint density at radius 1 is 1.37 bits per heavy atom. The summed E-state index contributed by atoms with van der Waals surface area (Å²) in [5, 5.41) is 0. The lowest BCUT2D eigenvalue weighted by Gasteiger charge is -2.29. The molecular formula is C15H28N2O2. The third-order valence-electron chi connectivity index (χ3n) is 3.66. The van der Waals surface area contributed by atoms with Crippen molar-refractivity contribution in [3.05, 3.63) is 23.2 Å². The molecule has 0 saturated heterocycles. The van der Waals surface area contributed by atoms with Crippen molar-refractivity contribution in [2.75, 3.05) is 20.3 Å². The Balaban J connectivity index is 2.74. The molecule has 0 aliphatic rings. The summed E-state index contributed by atoms with van der Waals surface area (Å²) in [6, 6.07) is 2.67. The van der Waals surface area contributed by atoms with Gasteiger partial charge in [0.15, 0.2) is 0 Å². The van der Waals surface area contributed by atoms with Crippen LogP contribution in [0.15, 0.2) is 10.5 Å². The highest BCUT2D eigenvalue weighted by Crippen LogP contribution is 2.18. The highest BCUT2D eigenvalue weighted by molar-refractivity contribution is 5.19. The molecule has 19 heavy (non-hydrogen) atoms. The molecule has 2 N–H and O–H groups in total. The third kappa shape index (κ3) is 4.64. The minimum Gasteiger partial charge on any atom is -0.463 e. The first kappa shape index (κ1) is 16.2. The lowest BCUT2D eigenvalue weighted by Crippen LogP contribution is -2.36. The number of furan rings is 1. The van der Waals surface area contributed by atoms with Crippen LogP contribution >= 0.6 is 0 Å². The molecule has 0 unspecified atom stereocenters. The minimum absolute atomic E-state index is 0.467. The number of methoxy groups -OCH3 is 1. The number of hydrogen-bond donors (Lipinski definition) is 1. The van der Waals surface area contributed by atoms with Gasteiger partial charge >= 0.3 is 0 Å². The Kier molecular flexibility index (Phi) is 7.13. The van der Waals surface area contributed by atoms with Gasteiger partial charge in [0.05, 0.1) is 19.7 Å². The molecule has 0 atom stereocenters. The molecule has 4 heteroatoms. The molecule has 0 radical (unpaired) electrons. The van der Waals surface area contributed by atoms with E-state index in [0.717, 1.165) is 49.6 Å². The van der Waals surface area contributed by atoms with E-state index in [9.17, 15) is 0 Å². The van der Waals surface area contributed by atoms with E-state index in [1.54, 1.807) is 7.11 Å². The molecule has 0 amide bonds. The van der Waals surface area contributed by atoms with Gasteiger partial charge in [0.25, 0.3) is 0 Å². The van der Waals surface area contributed by atoms with Crippen LogP contribution < -0.4 is 5.73 Å². The van der Waals surface area contributed by atoms with Crippen LogP contribution in [-0.2, 0) is 17.8 Å². The molecule has 110 valence electrons. The van der Waals surface area contributed by atoms with Crippen LogP contribution in [0.2, 0.25) is 0 Å². The van der Waals surface area contributed by atoms with E-state index in [1.807, 2.05) is 6.92 Å². The summed E-state index contributed by atoms with van der Waals surface area (Å²) >= 11 is 0. The van der Waals surface area contributed by atoms with Crippen LogP contribution in [0.3, 0.4) is 0 Å². The normalized spacial score (nSPS) is 11.7. The van der Waals surface area contributed by atoms with Crippen LogP contribution in [0.25, 0.3) is 0 Å². The number of aryl methyl sites for hydroxylation is 1. The first-order chi connectivity index (χ1) is 9.15. The van der Waals surface area contributed by atoms with Gasteiger partial charge in [-0.2, -0.15) is 0 Å². The first-order valence-electron chi connectivity index (χ1n) is 7.17. The summed E-state index contributed by atoms with van der Waals surface area (Å²) in [6.45, 7) is 9.48. The Hall–Kier alpha value is -0.840. The molecule has 0 saturated carbocycles. The highest BCUT2D eigenvalue weighted by atomic mass is 16.5. The van der Waals surface area contributed by atoms with Crippen LogP contribution in [0, 0.1) is 6.92 Å². The van der Waals surface area contributed by atoms with Gasteiger partial charge < -0.3 is 14.9 Å². The van der Waals surface area contributed by atoms with Crippen LogP contribution in [0.4, 0.5) is 0 Å². The summed E-state index contributed by atoms with van der Waals surface area (Å²) in [4.78, 5) is 2.43. The number of hydrogen-bond acceptors (Lipinski definition) is 4. The Morgan fingerprint density at radius 2 is 2.05 bits per heavy atom. The number of nitrogens with two attached hydrogens (primary N) is 1. The Morgan fingerprint density at radius 3 is 2.53 bits per heavy atom. The fourth-order valence-corrected chi connectivity index (χ4v) is 2.48. The zero-order valence-corrected chi connectivity index (χ0v) is 12.7. The minimum atomic E-state index is 0.467. The number of nitrogens with zero attached hydrogens (tertiary/aromatic N) is 1. The molecule has 4 nitrogen and oxygen atoms in total. The summed E-state index contributed by atoms with van der Waals surface area (Å²) < 4.78 is 11.0.